The highest BCUT2D eigenvalue weighted by Gasteiger charge is 2.33. The number of aliphatic hydroxyl groups is 2. The SMILES string of the molecule is CC(C)(CO)[C@@H](O)C(=O)N([O-])CCC(=O)O. The normalized spacial score (nSPS) is 13.3. The van der Waals surface area contributed by atoms with Crippen LogP contribution in [0.5, 0.6) is 0 Å². The molecule has 0 aromatic heterocycles. The van der Waals surface area contributed by atoms with E-state index in [0.717, 1.165) is 0 Å². The molecule has 0 unspecified atom stereocenters. The van der Waals surface area contributed by atoms with Crippen molar-refractivity contribution in [1.29, 1.82) is 0 Å². The van der Waals surface area contributed by atoms with Gasteiger partial charge in [0.15, 0.2) is 0 Å². The Kier molecular flexibility index (Phi) is 5.36. The van der Waals surface area contributed by atoms with Crippen molar-refractivity contribution in [3.05, 3.63) is 5.21 Å². The molecule has 7 heteroatoms. The number of amides is 1. The van der Waals surface area contributed by atoms with Crippen LogP contribution < -0.4 is 0 Å². The first kappa shape index (κ1) is 14.8. The number of aliphatic carboxylic acids is 1. The summed E-state index contributed by atoms with van der Waals surface area (Å²) in [4.78, 5) is 21.5. The average Bonchev–Trinajstić information content (AvgIpc) is 2.23. The molecule has 0 saturated heterocycles. The van der Waals surface area contributed by atoms with Crippen LogP contribution in [0, 0.1) is 10.6 Å². The van der Waals surface area contributed by atoms with Gasteiger partial charge in [-0.05, 0) is 0 Å². The van der Waals surface area contributed by atoms with Gasteiger partial charge >= 0.3 is 5.97 Å². The van der Waals surface area contributed by atoms with Gasteiger partial charge in [-0.2, -0.15) is 0 Å². The Labute approximate surface area is 92.9 Å². The summed E-state index contributed by atoms with van der Waals surface area (Å²) in [6, 6.07) is 0. The van der Waals surface area contributed by atoms with E-state index in [9.17, 15) is 19.9 Å². The van der Waals surface area contributed by atoms with Gasteiger partial charge in [-0.25, -0.2) is 0 Å². The second kappa shape index (κ2) is 5.78. The largest absolute Gasteiger partial charge is 0.756 e. The number of carbonyl (C=O) groups excluding carboxylic acids is 1. The summed E-state index contributed by atoms with van der Waals surface area (Å²) in [5, 5.41) is 37.7. The third-order valence-corrected chi connectivity index (χ3v) is 2.16. The van der Waals surface area contributed by atoms with Gasteiger partial charge in [0.25, 0.3) is 0 Å². The van der Waals surface area contributed by atoms with Crippen LogP contribution in [0.2, 0.25) is 0 Å². The molecule has 1 amide bonds. The van der Waals surface area contributed by atoms with Gasteiger partial charge in [-0.3, -0.25) is 9.59 Å². The van der Waals surface area contributed by atoms with Crippen LogP contribution in [0.1, 0.15) is 20.3 Å². The van der Waals surface area contributed by atoms with Crippen LogP contribution in [0.25, 0.3) is 0 Å². The number of hydrogen-bond donors (Lipinski definition) is 3. The molecule has 0 aromatic carbocycles. The summed E-state index contributed by atoms with van der Waals surface area (Å²) < 4.78 is 0. The zero-order chi connectivity index (χ0) is 12.9. The smallest absolute Gasteiger partial charge is 0.305 e. The third-order valence-electron chi connectivity index (χ3n) is 2.16. The zero-order valence-corrected chi connectivity index (χ0v) is 9.21. The molecule has 0 spiro atoms. The van der Waals surface area contributed by atoms with Crippen molar-refractivity contribution in [2.45, 2.75) is 26.4 Å². The molecular formula is C9H16NO6-. The van der Waals surface area contributed by atoms with E-state index in [-0.39, 0.29) is 5.06 Å². The molecule has 0 heterocycles. The fraction of sp³-hybridized carbons (Fsp3) is 0.778. The van der Waals surface area contributed by atoms with E-state index < -0.39 is 43.0 Å². The highest BCUT2D eigenvalue weighted by atomic mass is 16.5. The molecule has 94 valence electrons. The van der Waals surface area contributed by atoms with Crippen molar-refractivity contribution in [2.24, 2.45) is 5.41 Å². The molecule has 16 heavy (non-hydrogen) atoms. The summed E-state index contributed by atoms with van der Waals surface area (Å²) in [5.41, 5.74) is -1.14. The minimum Gasteiger partial charge on any atom is -0.756 e. The number of carboxylic acid groups (broad SMARTS) is 1. The Morgan fingerprint density at radius 3 is 2.31 bits per heavy atom. The lowest BCUT2D eigenvalue weighted by Crippen LogP contribution is -2.46. The van der Waals surface area contributed by atoms with Gasteiger partial charge in [0.2, 0.25) is 5.91 Å². The third kappa shape index (κ3) is 4.13. The van der Waals surface area contributed by atoms with Crippen molar-refractivity contribution < 1.29 is 24.9 Å². The van der Waals surface area contributed by atoms with Crippen molar-refractivity contribution >= 4 is 11.9 Å². The maximum atomic E-state index is 11.3. The van der Waals surface area contributed by atoms with Gasteiger partial charge in [-0.15, -0.1) is 0 Å². The van der Waals surface area contributed by atoms with Gasteiger partial charge in [0.1, 0.15) is 6.10 Å². The van der Waals surface area contributed by atoms with Crippen LogP contribution in [0.3, 0.4) is 0 Å². The maximum Gasteiger partial charge on any atom is 0.305 e. The predicted octanol–water partition coefficient (Wildman–Crippen LogP) is -0.833. The number of carboxylic acids is 1. The van der Waals surface area contributed by atoms with Gasteiger partial charge in [0, 0.05) is 12.0 Å². The van der Waals surface area contributed by atoms with Gasteiger partial charge in [-0.1, -0.05) is 13.8 Å². The molecule has 0 fully saturated rings. The van der Waals surface area contributed by atoms with Crippen molar-refractivity contribution in [2.75, 3.05) is 13.2 Å². The van der Waals surface area contributed by atoms with E-state index in [1.807, 2.05) is 0 Å². The minimum atomic E-state index is -1.65. The molecule has 1 atom stereocenters. The summed E-state index contributed by atoms with van der Waals surface area (Å²) >= 11 is 0. The highest BCUT2D eigenvalue weighted by Crippen LogP contribution is 2.21. The fourth-order valence-electron chi connectivity index (χ4n) is 0.865. The number of hydrogen-bond acceptors (Lipinski definition) is 5. The first-order chi connectivity index (χ1) is 7.22. The van der Waals surface area contributed by atoms with E-state index >= 15 is 0 Å². The molecule has 0 aliphatic heterocycles. The standard InChI is InChI=1S/C9H16NO6/c1-9(2,5-11)7(14)8(15)10(16)4-3-6(12)13/h7,11,14H,3-5H2,1-2H3,(H,12,13)/q-1/t7-/m0/s1. The first-order valence-electron chi connectivity index (χ1n) is 4.71. The predicted molar refractivity (Wildman–Crippen MR) is 54.2 cm³/mol. The highest BCUT2D eigenvalue weighted by molar-refractivity contribution is 5.82. The molecule has 7 nitrogen and oxygen atoms in total. The Bertz CT molecular complexity index is 265. The molecule has 3 N–H and O–H groups in total. The van der Waals surface area contributed by atoms with Gasteiger partial charge < -0.3 is 25.6 Å². The van der Waals surface area contributed by atoms with Crippen molar-refractivity contribution in [3.63, 3.8) is 0 Å². The van der Waals surface area contributed by atoms with E-state index in [0.29, 0.717) is 0 Å². The van der Waals surface area contributed by atoms with Crippen LogP contribution in [0.15, 0.2) is 0 Å². The Balaban J connectivity index is 4.38. The van der Waals surface area contributed by atoms with Crippen LogP contribution in [-0.2, 0) is 9.59 Å². The van der Waals surface area contributed by atoms with E-state index in [1.54, 1.807) is 0 Å². The summed E-state index contributed by atoms with van der Waals surface area (Å²) in [5.74, 6) is -2.34. The lowest BCUT2D eigenvalue weighted by Gasteiger charge is -2.35. The topological polar surface area (TPSA) is 121 Å². The van der Waals surface area contributed by atoms with Crippen molar-refractivity contribution in [1.82, 2.24) is 5.06 Å². The minimum absolute atomic E-state index is 0.101. The molecule has 0 aliphatic rings. The number of hydroxylamine groups is 2. The summed E-state index contributed by atoms with van der Waals surface area (Å²) in [7, 11) is 0. The zero-order valence-electron chi connectivity index (χ0n) is 9.21. The molecule has 0 aromatic rings. The summed E-state index contributed by atoms with van der Waals surface area (Å²) in [6.45, 7) is 1.85. The van der Waals surface area contributed by atoms with E-state index in [2.05, 4.69) is 0 Å². The molecule has 0 bridgehead atoms. The number of rotatable bonds is 6. The molecule has 0 radical (unpaired) electrons. The molecule has 0 saturated carbocycles. The van der Waals surface area contributed by atoms with Crippen LogP contribution >= 0.6 is 0 Å². The first-order valence-corrected chi connectivity index (χ1v) is 4.71. The molecule has 0 aliphatic carbocycles. The molecular weight excluding hydrogens is 218 g/mol. The quantitative estimate of drug-likeness (QED) is 0.515. The van der Waals surface area contributed by atoms with Crippen molar-refractivity contribution in [3.8, 4) is 0 Å². The van der Waals surface area contributed by atoms with E-state index in [4.69, 9.17) is 10.2 Å². The molecule has 0 rings (SSSR count). The average molecular weight is 234 g/mol. The van der Waals surface area contributed by atoms with E-state index in [1.165, 1.54) is 13.8 Å². The van der Waals surface area contributed by atoms with Crippen LogP contribution in [-0.4, -0.2) is 51.5 Å². The summed E-state index contributed by atoms with van der Waals surface area (Å²) in [6.07, 6.45) is -2.13. The fourth-order valence-corrected chi connectivity index (χ4v) is 0.865. The Morgan fingerprint density at radius 1 is 1.44 bits per heavy atom. The Morgan fingerprint density at radius 2 is 1.94 bits per heavy atom. The Hall–Kier alpha value is -1.18. The maximum absolute atomic E-state index is 11.3. The van der Waals surface area contributed by atoms with Gasteiger partial charge in [0.05, 0.1) is 13.0 Å². The second-order valence-electron chi connectivity index (χ2n) is 4.13. The second-order valence-corrected chi connectivity index (χ2v) is 4.13. The van der Waals surface area contributed by atoms with Crippen LogP contribution in [0.4, 0.5) is 0 Å². The monoisotopic (exact) mass is 234 g/mol. The number of carbonyl (C=O) groups is 2. The number of nitrogens with zero attached hydrogens (tertiary/aromatic N) is 1. The lowest BCUT2D eigenvalue weighted by atomic mass is 9.87. The lowest BCUT2D eigenvalue weighted by molar-refractivity contribution is -0.146. The number of aliphatic hydroxyl groups excluding tert-OH is 2.